The molecule has 1 atom stereocenters. The van der Waals surface area contributed by atoms with Crippen molar-refractivity contribution >= 4 is 11.9 Å². The Morgan fingerprint density at radius 2 is 0.657 bits per heavy atom. The third-order valence-corrected chi connectivity index (χ3v) is 12.9. The molecule has 0 saturated heterocycles. The fraction of sp³-hybridized carbons (Fsp3) is 0.754. The zero-order chi connectivity index (χ0) is 50.6. The number of hydrogen-bond donors (Lipinski definition) is 0. The predicted octanol–water partition coefficient (Wildman–Crippen LogP) is 20.8. The number of carbonyl (C=O) groups is 2. The van der Waals surface area contributed by atoms with Crippen LogP contribution in [-0.2, 0) is 23.8 Å². The molecule has 5 nitrogen and oxygen atoms in total. The Labute approximate surface area is 435 Å². The average molecular weight is 976 g/mol. The number of ether oxygens (including phenoxy) is 3. The van der Waals surface area contributed by atoms with Gasteiger partial charge in [0, 0.05) is 19.4 Å². The topological polar surface area (TPSA) is 61.8 Å². The summed E-state index contributed by atoms with van der Waals surface area (Å²) in [5, 5.41) is 0. The van der Waals surface area contributed by atoms with E-state index in [1.165, 1.54) is 173 Å². The van der Waals surface area contributed by atoms with Crippen molar-refractivity contribution in [3.8, 4) is 0 Å². The average Bonchev–Trinajstić information content (AvgIpc) is 3.36. The fourth-order valence-electron chi connectivity index (χ4n) is 8.46. The molecule has 404 valence electrons. The van der Waals surface area contributed by atoms with Crippen LogP contribution >= 0.6 is 0 Å². The van der Waals surface area contributed by atoms with E-state index in [2.05, 4.69) is 106 Å². The first-order valence-corrected chi connectivity index (χ1v) is 30.1. The standard InChI is InChI=1S/C65H114O5/c1-4-7-10-13-16-19-22-25-28-31-32-33-36-39-42-45-48-51-54-57-60-68-61-63(70-65(67)59-56-53-50-47-44-41-38-35-30-27-24-21-18-15-12-9-6-3)62-69-64(66)58-55-52-49-46-43-40-37-34-29-26-23-20-17-14-11-8-5-2/h8,11,17-18,20-21,26-27,29-30,37,40,46,49,63H,4-7,9-10,12-16,19,22-25,28,31-36,38-39,41-45,47-48,50-62H2,1-3H3/b11-8-,20-17-,21-18-,29-26-,30-27-,40-37-,49-46-. The lowest BCUT2D eigenvalue weighted by Gasteiger charge is -2.18. The molecule has 0 aromatic heterocycles. The van der Waals surface area contributed by atoms with Crippen molar-refractivity contribution < 1.29 is 23.8 Å². The van der Waals surface area contributed by atoms with Crippen LogP contribution in [0, 0.1) is 0 Å². The molecule has 0 amide bonds. The van der Waals surface area contributed by atoms with Gasteiger partial charge in [0.1, 0.15) is 6.61 Å². The van der Waals surface area contributed by atoms with Crippen molar-refractivity contribution in [1.29, 1.82) is 0 Å². The molecule has 0 aromatic carbocycles. The summed E-state index contributed by atoms with van der Waals surface area (Å²) in [7, 11) is 0. The largest absolute Gasteiger partial charge is 0.462 e. The Kier molecular flexibility index (Phi) is 57.9. The number of allylic oxidation sites excluding steroid dienone is 14. The Morgan fingerprint density at radius 1 is 0.329 bits per heavy atom. The minimum Gasteiger partial charge on any atom is -0.462 e. The highest BCUT2D eigenvalue weighted by atomic mass is 16.6. The molecule has 0 aliphatic heterocycles. The third kappa shape index (κ3) is 57.7. The van der Waals surface area contributed by atoms with Gasteiger partial charge < -0.3 is 14.2 Å². The van der Waals surface area contributed by atoms with Crippen LogP contribution in [0.1, 0.15) is 290 Å². The molecule has 0 aliphatic carbocycles. The monoisotopic (exact) mass is 975 g/mol. The van der Waals surface area contributed by atoms with Crippen molar-refractivity contribution in [3.05, 3.63) is 85.1 Å². The second-order valence-corrected chi connectivity index (χ2v) is 19.9. The zero-order valence-electron chi connectivity index (χ0n) is 46.5. The summed E-state index contributed by atoms with van der Waals surface area (Å²) in [6.45, 7) is 7.66. The van der Waals surface area contributed by atoms with Gasteiger partial charge in [0.25, 0.3) is 0 Å². The summed E-state index contributed by atoms with van der Waals surface area (Å²) in [4.78, 5) is 25.5. The van der Waals surface area contributed by atoms with Gasteiger partial charge in [-0.25, -0.2) is 0 Å². The number of rotatable bonds is 55. The van der Waals surface area contributed by atoms with E-state index < -0.39 is 6.10 Å². The summed E-state index contributed by atoms with van der Waals surface area (Å²) in [6, 6.07) is 0. The van der Waals surface area contributed by atoms with Crippen LogP contribution in [0.5, 0.6) is 0 Å². The molecule has 0 spiro atoms. The molecule has 0 heterocycles. The van der Waals surface area contributed by atoms with Gasteiger partial charge >= 0.3 is 11.9 Å². The van der Waals surface area contributed by atoms with E-state index >= 15 is 0 Å². The molecule has 5 heteroatoms. The smallest absolute Gasteiger partial charge is 0.306 e. The van der Waals surface area contributed by atoms with Crippen LogP contribution in [-0.4, -0.2) is 37.9 Å². The van der Waals surface area contributed by atoms with Crippen LogP contribution in [0.15, 0.2) is 85.1 Å². The van der Waals surface area contributed by atoms with E-state index in [0.717, 1.165) is 83.5 Å². The van der Waals surface area contributed by atoms with Crippen LogP contribution in [0.3, 0.4) is 0 Å². The van der Waals surface area contributed by atoms with Crippen molar-refractivity contribution in [2.45, 2.75) is 297 Å². The van der Waals surface area contributed by atoms with Gasteiger partial charge in [-0.2, -0.15) is 0 Å². The maximum absolute atomic E-state index is 12.9. The minimum atomic E-state index is -0.566. The molecule has 0 saturated carbocycles. The molecular weight excluding hydrogens is 861 g/mol. The Morgan fingerprint density at radius 3 is 1.10 bits per heavy atom. The maximum atomic E-state index is 12.9. The molecule has 0 aliphatic rings. The van der Waals surface area contributed by atoms with Crippen molar-refractivity contribution in [1.82, 2.24) is 0 Å². The SMILES string of the molecule is CC/C=C\C/C=C\C/C=C\C/C=C\C/C=C\CCCC(=O)OCC(COCCCCCCCCCCCCCCCCCCCCCC)OC(=O)CCCCCCCCC/C=C\C/C=C\CCCCC. The summed E-state index contributed by atoms with van der Waals surface area (Å²) >= 11 is 0. The molecule has 1 unspecified atom stereocenters. The van der Waals surface area contributed by atoms with Gasteiger partial charge in [-0.15, -0.1) is 0 Å². The summed E-state index contributed by atoms with van der Waals surface area (Å²) in [6.07, 6.45) is 80.5. The van der Waals surface area contributed by atoms with Gasteiger partial charge in [-0.3, -0.25) is 9.59 Å². The quantitative estimate of drug-likeness (QED) is 0.0345. The lowest BCUT2D eigenvalue weighted by molar-refractivity contribution is -0.163. The van der Waals surface area contributed by atoms with E-state index in [4.69, 9.17) is 14.2 Å². The third-order valence-electron chi connectivity index (χ3n) is 12.9. The van der Waals surface area contributed by atoms with Crippen LogP contribution in [0.4, 0.5) is 0 Å². The lowest BCUT2D eigenvalue weighted by Crippen LogP contribution is -2.30. The van der Waals surface area contributed by atoms with E-state index in [1.807, 2.05) is 0 Å². The Balaban J connectivity index is 4.34. The highest BCUT2D eigenvalue weighted by Gasteiger charge is 2.17. The second-order valence-electron chi connectivity index (χ2n) is 19.9. The Hall–Kier alpha value is -2.92. The van der Waals surface area contributed by atoms with Gasteiger partial charge in [0.15, 0.2) is 6.10 Å². The van der Waals surface area contributed by atoms with Crippen LogP contribution < -0.4 is 0 Å². The number of hydrogen-bond acceptors (Lipinski definition) is 5. The summed E-state index contributed by atoms with van der Waals surface area (Å²) in [5.41, 5.74) is 0. The maximum Gasteiger partial charge on any atom is 0.306 e. The first kappa shape index (κ1) is 67.1. The zero-order valence-corrected chi connectivity index (χ0v) is 46.5. The van der Waals surface area contributed by atoms with Crippen LogP contribution in [0.25, 0.3) is 0 Å². The molecule has 0 aromatic rings. The fourth-order valence-corrected chi connectivity index (χ4v) is 8.46. The van der Waals surface area contributed by atoms with E-state index in [9.17, 15) is 9.59 Å². The van der Waals surface area contributed by atoms with Crippen molar-refractivity contribution in [3.63, 3.8) is 0 Å². The number of carbonyl (C=O) groups excluding carboxylic acids is 2. The second kappa shape index (κ2) is 60.4. The van der Waals surface area contributed by atoms with Gasteiger partial charge in [-0.1, -0.05) is 273 Å². The molecule has 0 fully saturated rings. The summed E-state index contributed by atoms with van der Waals surface area (Å²) < 4.78 is 17.5. The molecule has 70 heavy (non-hydrogen) atoms. The lowest BCUT2D eigenvalue weighted by atomic mass is 10.0. The van der Waals surface area contributed by atoms with Gasteiger partial charge in [0.2, 0.25) is 0 Å². The van der Waals surface area contributed by atoms with Crippen molar-refractivity contribution in [2.75, 3.05) is 19.8 Å². The van der Waals surface area contributed by atoms with Gasteiger partial charge in [0.05, 0.1) is 6.61 Å². The number of esters is 2. The molecule has 0 bridgehead atoms. The van der Waals surface area contributed by atoms with Crippen LogP contribution in [0.2, 0.25) is 0 Å². The summed E-state index contributed by atoms with van der Waals surface area (Å²) in [5.74, 6) is -0.465. The van der Waals surface area contributed by atoms with Gasteiger partial charge in [-0.05, 0) is 89.9 Å². The molecular formula is C65H114O5. The first-order chi connectivity index (χ1) is 34.6. The first-order valence-electron chi connectivity index (χ1n) is 30.1. The highest BCUT2D eigenvalue weighted by molar-refractivity contribution is 5.70. The Bertz CT molecular complexity index is 1290. The molecule has 0 rings (SSSR count). The van der Waals surface area contributed by atoms with E-state index in [-0.39, 0.29) is 25.2 Å². The molecule has 0 radical (unpaired) electrons. The van der Waals surface area contributed by atoms with Crippen molar-refractivity contribution in [2.24, 2.45) is 0 Å². The number of unbranched alkanes of at least 4 members (excludes halogenated alkanes) is 30. The minimum absolute atomic E-state index is 0.0520. The highest BCUT2D eigenvalue weighted by Crippen LogP contribution is 2.16. The molecule has 0 N–H and O–H groups in total. The van der Waals surface area contributed by atoms with E-state index in [0.29, 0.717) is 19.4 Å². The predicted molar refractivity (Wildman–Crippen MR) is 307 cm³/mol. The van der Waals surface area contributed by atoms with E-state index in [1.54, 1.807) is 0 Å². The normalized spacial score (nSPS) is 12.8.